The van der Waals surface area contributed by atoms with Crippen LogP contribution in [0.5, 0.6) is 5.75 Å². The third-order valence-electron chi connectivity index (χ3n) is 1.85. The van der Waals surface area contributed by atoms with Crippen LogP contribution in [-0.4, -0.2) is 24.2 Å². The van der Waals surface area contributed by atoms with Gasteiger partial charge in [0.15, 0.2) is 0 Å². The predicted octanol–water partition coefficient (Wildman–Crippen LogP) is 1.05. The van der Waals surface area contributed by atoms with Crippen LogP contribution in [-0.2, 0) is 9.53 Å². The van der Waals surface area contributed by atoms with Crippen molar-refractivity contribution in [1.29, 1.82) is 0 Å². The van der Waals surface area contributed by atoms with Crippen molar-refractivity contribution >= 4 is 11.9 Å². The van der Waals surface area contributed by atoms with Crippen LogP contribution in [0.4, 0.5) is 0 Å². The highest BCUT2D eigenvalue weighted by molar-refractivity contribution is 5.92. The highest BCUT2D eigenvalue weighted by atomic mass is 16.5. The Kier molecular flexibility index (Phi) is 8.19. The third-order valence-corrected chi connectivity index (χ3v) is 1.85. The molecule has 0 radical (unpaired) electrons. The van der Waals surface area contributed by atoms with Gasteiger partial charge in [-0.15, -0.1) is 0 Å². The topological polar surface area (TPSA) is 86.7 Å². The molecule has 1 rings (SSSR count). The number of phenols is 1. The van der Waals surface area contributed by atoms with E-state index in [2.05, 4.69) is 4.74 Å². The number of para-hydroxylation sites is 1. The van der Waals surface area contributed by atoms with E-state index in [0.29, 0.717) is 0 Å². The zero-order valence-electron chi connectivity index (χ0n) is 10.7. The van der Waals surface area contributed by atoms with Crippen LogP contribution in [0.15, 0.2) is 48.6 Å². The molecular formula is C14H15O5-. The number of ether oxygens (including phenoxy) is 1. The van der Waals surface area contributed by atoms with Gasteiger partial charge in [-0.1, -0.05) is 30.4 Å². The largest absolute Gasteiger partial charge is 0.545 e. The summed E-state index contributed by atoms with van der Waals surface area (Å²) in [5, 5.41) is 18.8. The van der Waals surface area contributed by atoms with Gasteiger partial charge in [0.05, 0.1) is 13.1 Å². The summed E-state index contributed by atoms with van der Waals surface area (Å²) in [5.41, 5.74) is 0.190. The molecule has 102 valence electrons. The van der Waals surface area contributed by atoms with Crippen molar-refractivity contribution in [2.24, 2.45) is 0 Å². The first-order chi connectivity index (χ1) is 9.02. The van der Waals surface area contributed by atoms with Gasteiger partial charge >= 0.3 is 5.97 Å². The number of carboxylic acids is 1. The molecule has 5 nitrogen and oxygen atoms in total. The number of esters is 1. The van der Waals surface area contributed by atoms with Crippen LogP contribution < -0.4 is 5.11 Å². The molecule has 0 fully saturated rings. The van der Waals surface area contributed by atoms with Gasteiger partial charge in [0.25, 0.3) is 0 Å². The number of carboxylic acid groups (broad SMARTS) is 1. The minimum atomic E-state index is -1.16. The molecule has 0 aliphatic rings. The molecule has 0 heterocycles. The lowest BCUT2D eigenvalue weighted by molar-refractivity contribution is -0.297. The number of aliphatic carboxylic acids is 1. The molecule has 0 unspecified atom stereocenters. The second-order valence-corrected chi connectivity index (χ2v) is 3.21. The van der Waals surface area contributed by atoms with E-state index in [1.165, 1.54) is 25.3 Å². The van der Waals surface area contributed by atoms with Gasteiger partial charge in [-0.3, -0.25) is 0 Å². The first-order valence-corrected chi connectivity index (χ1v) is 5.39. The van der Waals surface area contributed by atoms with E-state index >= 15 is 0 Å². The highest BCUT2D eigenvalue weighted by Crippen LogP contribution is 2.15. The zero-order chi connectivity index (χ0) is 14.7. The van der Waals surface area contributed by atoms with Gasteiger partial charge < -0.3 is 19.7 Å². The Hall–Kier alpha value is -2.56. The molecule has 19 heavy (non-hydrogen) atoms. The fourth-order valence-corrected chi connectivity index (χ4v) is 1.00. The summed E-state index contributed by atoms with van der Waals surface area (Å²) in [7, 11) is 1.27. The van der Waals surface area contributed by atoms with Crippen molar-refractivity contribution < 1.29 is 24.5 Å². The first kappa shape index (κ1) is 16.4. The second kappa shape index (κ2) is 9.47. The molecule has 1 aromatic carbocycles. The molecule has 5 heteroatoms. The molecule has 0 aliphatic heterocycles. The number of benzene rings is 1. The van der Waals surface area contributed by atoms with Crippen molar-refractivity contribution in [1.82, 2.24) is 0 Å². The Morgan fingerprint density at radius 2 is 1.89 bits per heavy atom. The van der Waals surface area contributed by atoms with E-state index in [4.69, 9.17) is 5.11 Å². The summed E-state index contributed by atoms with van der Waals surface area (Å²) >= 11 is 0. The van der Waals surface area contributed by atoms with Gasteiger partial charge in [0, 0.05) is 0 Å². The molecule has 0 atom stereocenters. The molecule has 0 aliphatic carbocycles. The summed E-state index contributed by atoms with van der Waals surface area (Å²) in [6, 6.07) is 6.24. The number of carbonyl (C=O) groups excluding carboxylic acids is 2. The van der Waals surface area contributed by atoms with Crippen LogP contribution in [0.2, 0.25) is 0 Å². The van der Waals surface area contributed by atoms with Gasteiger partial charge in [0.1, 0.15) is 11.3 Å². The van der Waals surface area contributed by atoms with Crippen molar-refractivity contribution in [3.8, 4) is 5.75 Å². The Balaban J connectivity index is 0.000000362. The maximum Gasteiger partial charge on any atom is 0.341 e. The molecule has 0 amide bonds. The fourth-order valence-electron chi connectivity index (χ4n) is 1.00. The summed E-state index contributed by atoms with van der Waals surface area (Å²) < 4.78 is 4.42. The normalized spacial score (nSPS) is 10.0. The fraction of sp³-hybridized carbons (Fsp3) is 0.143. The van der Waals surface area contributed by atoms with E-state index in [-0.39, 0.29) is 11.3 Å². The van der Waals surface area contributed by atoms with Crippen LogP contribution in [0.3, 0.4) is 0 Å². The maximum absolute atomic E-state index is 10.9. The molecule has 0 aromatic heterocycles. The van der Waals surface area contributed by atoms with Crippen LogP contribution in [0.25, 0.3) is 0 Å². The summed E-state index contributed by atoms with van der Waals surface area (Å²) in [5.74, 6) is -1.74. The Labute approximate surface area is 111 Å². The van der Waals surface area contributed by atoms with E-state index in [1.807, 2.05) is 0 Å². The first-order valence-electron chi connectivity index (χ1n) is 5.39. The van der Waals surface area contributed by atoms with Crippen LogP contribution in [0, 0.1) is 0 Å². The van der Waals surface area contributed by atoms with E-state index in [1.54, 1.807) is 31.2 Å². The van der Waals surface area contributed by atoms with Crippen molar-refractivity contribution in [3.05, 3.63) is 54.1 Å². The highest BCUT2D eigenvalue weighted by Gasteiger charge is 2.08. The number of allylic oxidation sites excluding steroid dienone is 3. The predicted molar refractivity (Wildman–Crippen MR) is 68.4 cm³/mol. The molecule has 1 N–H and O–H groups in total. The van der Waals surface area contributed by atoms with Crippen molar-refractivity contribution in [3.63, 3.8) is 0 Å². The van der Waals surface area contributed by atoms with Crippen molar-refractivity contribution in [2.75, 3.05) is 7.11 Å². The molecule has 0 spiro atoms. The minimum absolute atomic E-state index is 0.0562. The molecule has 0 saturated carbocycles. The average Bonchev–Trinajstić information content (AvgIpc) is 2.39. The smallest absolute Gasteiger partial charge is 0.341 e. The molecular weight excluding hydrogens is 248 g/mol. The number of hydrogen-bond donors (Lipinski definition) is 1. The van der Waals surface area contributed by atoms with Gasteiger partial charge in [-0.2, -0.15) is 0 Å². The van der Waals surface area contributed by atoms with Gasteiger partial charge in [0.2, 0.25) is 0 Å². The maximum atomic E-state index is 10.9. The number of hydrogen-bond acceptors (Lipinski definition) is 5. The molecule has 1 aromatic rings. The van der Waals surface area contributed by atoms with Gasteiger partial charge in [-0.25, -0.2) is 4.79 Å². The third kappa shape index (κ3) is 7.38. The number of phenolic OH excluding ortho intramolecular Hbond substituents is 1. The number of aromatic hydroxyl groups is 1. The monoisotopic (exact) mass is 263 g/mol. The summed E-state index contributed by atoms with van der Waals surface area (Å²) in [4.78, 5) is 20.5. The number of methoxy groups -OCH3 is 1. The summed E-state index contributed by atoms with van der Waals surface area (Å²) in [6.07, 6.45) is 5.74. The molecule has 0 bridgehead atoms. The average molecular weight is 263 g/mol. The van der Waals surface area contributed by atoms with Crippen molar-refractivity contribution in [2.45, 2.75) is 6.92 Å². The van der Waals surface area contributed by atoms with E-state index in [9.17, 15) is 14.7 Å². The lowest BCUT2D eigenvalue weighted by atomic mass is 10.2. The van der Waals surface area contributed by atoms with Crippen LogP contribution in [0.1, 0.15) is 17.3 Å². The number of rotatable bonds is 3. The minimum Gasteiger partial charge on any atom is -0.545 e. The molecule has 0 saturated heterocycles. The Morgan fingerprint density at radius 3 is 2.37 bits per heavy atom. The van der Waals surface area contributed by atoms with E-state index < -0.39 is 11.9 Å². The number of carbonyl (C=O) groups is 2. The second-order valence-electron chi connectivity index (χ2n) is 3.21. The van der Waals surface area contributed by atoms with Crippen LogP contribution >= 0.6 is 0 Å². The lowest BCUT2D eigenvalue weighted by Crippen LogP contribution is -2.18. The Morgan fingerprint density at radius 1 is 1.26 bits per heavy atom. The summed E-state index contributed by atoms with van der Waals surface area (Å²) in [6.45, 7) is 1.81. The standard InChI is InChI=1S/C8H8O3.C6H8O2/c1-11-8(10)6-4-2-3-5-7(6)9;1-2-3-4-5-6(7)8/h2-5,9H,1H3;2-5H,1H3,(H,7,8)/p-1/b;3-2+,5-4+. The van der Waals surface area contributed by atoms with E-state index in [0.717, 1.165) is 6.08 Å². The Bertz CT molecular complexity index is 474. The van der Waals surface area contributed by atoms with Gasteiger partial charge in [-0.05, 0) is 25.1 Å². The SMILES string of the molecule is C/C=C/C=C/C(=O)[O-].COC(=O)c1ccccc1O. The quantitative estimate of drug-likeness (QED) is 0.500. The lowest BCUT2D eigenvalue weighted by Gasteiger charge is -1.99. The zero-order valence-corrected chi connectivity index (χ0v) is 10.7.